The fourth-order valence-corrected chi connectivity index (χ4v) is 2.33. The number of rotatable bonds is 1. The lowest BCUT2D eigenvalue weighted by atomic mass is 10.1. The summed E-state index contributed by atoms with van der Waals surface area (Å²) in [6.45, 7) is 4.19. The van der Waals surface area contributed by atoms with Gasteiger partial charge in [0.2, 0.25) is 5.91 Å². The molecule has 14 heavy (non-hydrogen) atoms. The van der Waals surface area contributed by atoms with Crippen LogP contribution in [0.15, 0.2) is 0 Å². The predicted molar refractivity (Wildman–Crippen MR) is 52.8 cm³/mol. The van der Waals surface area contributed by atoms with E-state index in [0.717, 1.165) is 32.5 Å². The summed E-state index contributed by atoms with van der Waals surface area (Å²) in [7, 11) is 0. The number of hydrogen-bond acceptors (Lipinski definition) is 3. The number of hydrogen-bond donors (Lipinski definition) is 1. The molecule has 80 valence electrons. The Kier molecular flexibility index (Phi) is 3.03. The summed E-state index contributed by atoms with van der Waals surface area (Å²) in [6, 6.07) is 0.384. The van der Waals surface area contributed by atoms with Gasteiger partial charge in [0, 0.05) is 19.3 Å². The third-order valence-electron chi connectivity index (χ3n) is 3.07. The maximum atomic E-state index is 11.6. The minimum Gasteiger partial charge on any atom is -0.381 e. The van der Waals surface area contributed by atoms with Crippen LogP contribution in [-0.4, -0.2) is 42.8 Å². The lowest BCUT2D eigenvalue weighted by Crippen LogP contribution is -2.43. The van der Waals surface area contributed by atoms with E-state index in [4.69, 9.17) is 4.74 Å². The lowest BCUT2D eigenvalue weighted by molar-refractivity contribution is -0.130. The third kappa shape index (κ3) is 1.91. The van der Waals surface area contributed by atoms with Crippen molar-refractivity contribution in [2.75, 3.05) is 19.8 Å². The molecule has 4 heteroatoms. The van der Waals surface area contributed by atoms with Crippen molar-refractivity contribution in [1.82, 2.24) is 10.2 Å². The molecular weight excluding hydrogens is 180 g/mol. The SMILES string of the molecule is CC1NCC(=O)N1C1CCCOCC1. The van der Waals surface area contributed by atoms with Crippen LogP contribution < -0.4 is 5.32 Å². The molecule has 2 rings (SSSR count). The Morgan fingerprint density at radius 3 is 3.00 bits per heavy atom. The van der Waals surface area contributed by atoms with E-state index in [9.17, 15) is 4.79 Å². The first-order chi connectivity index (χ1) is 6.79. The summed E-state index contributed by atoms with van der Waals surface area (Å²) in [6.07, 6.45) is 3.34. The minimum atomic E-state index is 0.200. The highest BCUT2D eigenvalue weighted by Crippen LogP contribution is 2.19. The van der Waals surface area contributed by atoms with Crippen LogP contribution in [0.3, 0.4) is 0 Å². The summed E-state index contributed by atoms with van der Waals surface area (Å²) in [4.78, 5) is 13.6. The molecule has 2 saturated heterocycles. The number of nitrogens with one attached hydrogen (secondary N) is 1. The van der Waals surface area contributed by atoms with Gasteiger partial charge in [0.15, 0.2) is 0 Å². The van der Waals surface area contributed by atoms with E-state index >= 15 is 0 Å². The molecule has 1 amide bonds. The fourth-order valence-electron chi connectivity index (χ4n) is 2.33. The normalized spacial score (nSPS) is 34.6. The van der Waals surface area contributed by atoms with E-state index < -0.39 is 0 Å². The van der Waals surface area contributed by atoms with Crippen LogP contribution in [0.25, 0.3) is 0 Å². The van der Waals surface area contributed by atoms with Crippen LogP contribution in [0.5, 0.6) is 0 Å². The number of amides is 1. The van der Waals surface area contributed by atoms with Gasteiger partial charge in [0.1, 0.15) is 0 Å². The third-order valence-corrected chi connectivity index (χ3v) is 3.07. The Balaban J connectivity index is 2.00. The van der Waals surface area contributed by atoms with Crippen LogP contribution in [0.1, 0.15) is 26.2 Å². The molecule has 2 aliphatic rings. The van der Waals surface area contributed by atoms with E-state index in [2.05, 4.69) is 12.2 Å². The van der Waals surface area contributed by atoms with Gasteiger partial charge in [-0.1, -0.05) is 0 Å². The van der Waals surface area contributed by atoms with E-state index in [1.807, 2.05) is 4.90 Å². The molecule has 0 saturated carbocycles. The maximum Gasteiger partial charge on any atom is 0.238 e. The Labute approximate surface area is 84.6 Å². The summed E-state index contributed by atoms with van der Waals surface area (Å²) < 4.78 is 5.40. The maximum absolute atomic E-state index is 11.6. The largest absolute Gasteiger partial charge is 0.381 e. The average molecular weight is 198 g/mol. The molecule has 2 fully saturated rings. The topological polar surface area (TPSA) is 41.6 Å². The zero-order valence-corrected chi connectivity index (χ0v) is 8.66. The number of carbonyl (C=O) groups is 1. The Morgan fingerprint density at radius 1 is 1.43 bits per heavy atom. The van der Waals surface area contributed by atoms with Gasteiger partial charge < -0.3 is 9.64 Å². The van der Waals surface area contributed by atoms with Gasteiger partial charge in [-0.15, -0.1) is 0 Å². The Morgan fingerprint density at radius 2 is 2.29 bits per heavy atom. The minimum absolute atomic E-state index is 0.200. The quantitative estimate of drug-likeness (QED) is 0.660. The number of carbonyl (C=O) groups excluding carboxylic acids is 1. The smallest absolute Gasteiger partial charge is 0.238 e. The van der Waals surface area contributed by atoms with Gasteiger partial charge in [0.25, 0.3) is 0 Å². The fraction of sp³-hybridized carbons (Fsp3) is 0.900. The zero-order valence-electron chi connectivity index (χ0n) is 8.66. The molecule has 0 aliphatic carbocycles. The van der Waals surface area contributed by atoms with Crippen molar-refractivity contribution in [2.24, 2.45) is 0 Å². The second-order valence-corrected chi connectivity index (χ2v) is 4.05. The van der Waals surface area contributed by atoms with Gasteiger partial charge in [-0.2, -0.15) is 0 Å². The monoisotopic (exact) mass is 198 g/mol. The number of ether oxygens (including phenoxy) is 1. The summed E-state index contributed by atoms with van der Waals surface area (Å²) in [5.41, 5.74) is 0. The molecule has 4 nitrogen and oxygen atoms in total. The molecule has 0 aromatic carbocycles. The van der Waals surface area contributed by atoms with Gasteiger partial charge in [-0.3, -0.25) is 10.1 Å². The molecule has 1 N–H and O–H groups in total. The summed E-state index contributed by atoms with van der Waals surface area (Å²) >= 11 is 0. The molecule has 0 spiro atoms. The van der Waals surface area contributed by atoms with Crippen molar-refractivity contribution in [3.8, 4) is 0 Å². The van der Waals surface area contributed by atoms with Gasteiger partial charge in [0.05, 0.1) is 12.7 Å². The summed E-state index contributed by atoms with van der Waals surface area (Å²) in [5, 5.41) is 3.17. The standard InChI is InChI=1S/C10H18N2O2/c1-8-11-7-10(13)12(8)9-3-2-5-14-6-4-9/h8-9,11H,2-7H2,1H3. The van der Waals surface area contributed by atoms with E-state index in [0.29, 0.717) is 12.6 Å². The van der Waals surface area contributed by atoms with E-state index in [1.165, 1.54) is 0 Å². The lowest BCUT2D eigenvalue weighted by Gasteiger charge is -2.29. The first kappa shape index (κ1) is 9.93. The van der Waals surface area contributed by atoms with Crippen molar-refractivity contribution < 1.29 is 9.53 Å². The van der Waals surface area contributed by atoms with Crippen LogP contribution in [-0.2, 0) is 9.53 Å². The second-order valence-electron chi connectivity index (χ2n) is 4.05. The van der Waals surface area contributed by atoms with Crippen molar-refractivity contribution in [1.29, 1.82) is 0 Å². The molecule has 2 atom stereocenters. The average Bonchev–Trinajstić information content (AvgIpc) is 2.45. The molecule has 2 heterocycles. The van der Waals surface area contributed by atoms with Crippen LogP contribution >= 0.6 is 0 Å². The highest BCUT2D eigenvalue weighted by atomic mass is 16.5. The molecular formula is C10H18N2O2. The van der Waals surface area contributed by atoms with Gasteiger partial charge in [-0.25, -0.2) is 0 Å². The van der Waals surface area contributed by atoms with Crippen molar-refractivity contribution in [3.05, 3.63) is 0 Å². The highest BCUT2D eigenvalue weighted by molar-refractivity contribution is 5.80. The second kappa shape index (κ2) is 4.28. The highest BCUT2D eigenvalue weighted by Gasteiger charge is 2.33. The summed E-state index contributed by atoms with van der Waals surface area (Å²) in [5.74, 6) is 0.240. The van der Waals surface area contributed by atoms with Crippen molar-refractivity contribution in [2.45, 2.75) is 38.4 Å². The van der Waals surface area contributed by atoms with Crippen LogP contribution in [0.4, 0.5) is 0 Å². The predicted octanol–water partition coefficient (Wildman–Crippen LogP) is 0.333. The van der Waals surface area contributed by atoms with E-state index in [1.54, 1.807) is 0 Å². The van der Waals surface area contributed by atoms with Gasteiger partial charge in [-0.05, 0) is 26.2 Å². The molecule has 0 radical (unpaired) electrons. The Bertz CT molecular complexity index is 212. The first-order valence-corrected chi connectivity index (χ1v) is 5.41. The molecule has 0 aromatic heterocycles. The van der Waals surface area contributed by atoms with Gasteiger partial charge >= 0.3 is 0 Å². The number of nitrogens with zero attached hydrogens (tertiary/aromatic N) is 1. The molecule has 2 aliphatic heterocycles. The Hall–Kier alpha value is -0.610. The van der Waals surface area contributed by atoms with E-state index in [-0.39, 0.29) is 12.1 Å². The van der Waals surface area contributed by atoms with Crippen molar-refractivity contribution >= 4 is 5.91 Å². The molecule has 0 bridgehead atoms. The van der Waals surface area contributed by atoms with Crippen LogP contribution in [0.2, 0.25) is 0 Å². The first-order valence-electron chi connectivity index (χ1n) is 5.41. The zero-order chi connectivity index (χ0) is 9.97. The van der Waals surface area contributed by atoms with Crippen molar-refractivity contribution in [3.63, 3.8) is 0 Å². The van der Waals surface area contributed by atoms with Crippen LogP contribution in [0, 0.1) is 0 Å². The molecule has 0 aromatic rings. The molecule has 2 unspecified atom stereocenters.